The number of carbonyl (C=O) groups excluding carboxylic acids is 2. The van der Waals surface area contributed by atoms with Gasteiger partial charge in [0, 0.05) is 37.8 Å². The molecule has 1 saturated carbocycles. The van der Waals surface area contributed by atoms with Crippen LogP contribution >= 0.6 is 0 Å². The van der Waals surface area contributed by atoms with Gasteiger partial charge < -0.3 is 10.2 Å². The van der Waals surface area contributed by atoms with E-state index in [9.17, 15) is 22.8 Å². The van der Waals surface area contributed by atoms with Crippen LogP contribution in [0, 0.1) is 5.92 Å². The van der Waals surface area contributed by atoms with Crippen molar-refractivity contribution >= 4 is 11.8 Å². The second-order valence-corrected chi connectivity index (χ2v) is 8.71. The zero-order valence-corrected chi connectivity index (χ0v) is 18.3. The first-order valence-corrected chi connectivity index (χ1v) is 11.2. The van der Waals surface area contributed by atoms with Gasteiger partial charge in [0.25, 0.3) is 5.91 Å². The lowest BCUT2D eigenvalue weighted by atomic mass is 9.94. The molecule has 1 aromatic carbocycles. The van der Waals surface area contributed by atoms with Gasteiger partial charge in [0.1, 0.15) is 0 Å². The molecular weight excluding hydrogens is 407 g/mol. The van der Waals surface area contributed by atoms with Crippen molar-refractivity contribution < 1.29 is 22.8 Å². The van der Waals surface area contributed by atoms with Gasteiger partial charge in [-0.2, -0.15) is 13.2 Å². The predicted molar refractivity (Wildman–Crippen MR) is 113 cm³/mol. The molecule has 1 N–H and O–H groups in total. The topological polar surface area (TPSA) is 52.7 Å². The molecule has 3 rings (SSSR count). The van der Waals surface area contributed by atoms with Crippen molar-refractivity contribution in [3.8, 4) is 0 Å². The molecule has 1 saturated heterocycles. The van der Waals surface area contributed by atoms with Crippen molar-refractivity contribution in [1.82, 2.24) is 15.1 Å². The highest BCUT2D eigenvalue weighted by Crippen LogP contribution is 2.32. The monoisotopic (exact) mass is 439 g/mol. The number of hydrogen-bond acceptors (Lipinski definition) is 3. The Balaban J connectivity index is 1.63. The molecule has 1 aliphatic carbocycles. The Kier molecular flexibility index (Phi) is 7.62. The number of nitrogens with one attached hydrogen (secondary N) is 1. The summed E-state index contributed by atoms with van der Waals surface area (Å²) >= 11 is 0. The van der Waals surface area contributed by atoms with E-state index >= 15 is 0 Å². The zero-order chi connectivity index (χ0) is 22.6. The van der Waals surface area contributed by atoms with E-state index in [1.54, 1.807) is 4.90 Å². The molecule has 1 heterocycles. The molecule has 2 atom stereocenters. The average Bonchev–Trinajstić information content (AvgIpc) is 3.27. The molecular formula is C23H32F3N3O2. The first-order chi connectivity index (χ1) is 14.7. The fourth-order valence-corrected chi connectivity index (χ4v) is 4.57. The summed E-state index contributed by atoms with van der Waals surface area (Å²) in [6.07, 6.45) is 0.831. The second kappa shape index (κ2) is 10.0. The number of alkyl halides is 3. The number of rotatable bonds is 6. The van der Waals surface area contributed by atoms with Gasteiger partial charge in [0.15, 0.2) is 0 Å². The number of benzene rings is 1. The minimum atomic E-state index is -4.42. The van der Waals surface area contributed by atoms with Crippen LogP contribution in [0.25, 0.3) is 0 Å². The summed E-state index contributed by atoms with van der Waals surface area (Å²) < 4.78 is 38.3. The van der Waals surface area contributed by atoms with E-state index in [1.165, 1.54) is 12.1 Å². The molecule has 172 valence electrons. The summed E-state index contributed by atoms with van der Waals surface area (Å²) in [4.78, 5) is 29.6. The number of halogens is 3. The lowest BCUT2D eigenvalue weighted by Crippen LogP contribution is -2.58. The lowest BCUT2D eigenvalue weighted by molar-refractivity contribution is -0.137. The maximum Gasteiger partial charge on any atom is 0.416 e. The number of amides is 2. The van der Waals surface area contributed by atoms with Crippen LogP contribution < -0.4 is 5.32 Å². The van der Waals surface area contributed by atoms with Crippen molar-refractivity contribution in [1.29, 1.82) is 0 Å². The van der Waals surface area contributed by atoms with Crippen LogP contribution in [0.15, 0.2) is 24.3 Å². The van der Waals surface area contributed by atoms with Gasteiger partial charge >= 0.3 is 6.18 Å². The summed E-state index contributed by atoms with van der Waals surface area (Å²) in [5.41, 5.74) is -0.510. The van der Waals surface area contributed by atoms with Gasteiger partial charge in [0.2, 0.25) is 5.91 Å². The molecule has 2 fully saturated rings. The lowest BCUT2D eigenvalue weighted by Gasteiger charge is -2.41. The van der Waals surface area contributed by atoms with Crippen LogP contribution in [0.4, 0.5) is 13.2 Å². The molecule has 1 aliphatic heterocycles. The van der Waals surface area contributed by atoms with Crippen LogP contribution in [0.5, 0.6) is 0 Å². The Labute approximate surface area is 182 Å². The third kappa shape index (κ3) is 5.79. The smallest absolute Gasteiger partial charge is 0.352 e. The Hall–Kier alpha value is -2.09. The first kappa shape index (κ1) is 23.6. The second-order valence-electron chi connectivity index (χ2n) is 8.71. The van der Waals surface area contributed by atoms with E-state index < -0.39 is 11.7 Å². The molecule has 1 aromatic rings. The third-order valence-electron chi connectivity index (χ3n) is 6.57. The molecule has 5 nitrogen and oxygen atoms in total. The standard InChI is InChI=1S/C23H32F3N3O2/c1-3-16(2)27-21(30)20(17-6-4-5-7-17)28-12-14-29(15-13-28)22(31)18-8-10-19(11-9-18)23(24,25)26/h8-11,16-17,20H,3-7,12-15H2,1-2H3,(H,27,30). The fourth-order valence-electron chi connectivity index (χ4n) is 4.57. The van der Waals surface area contributed by atoms with Crippen molar-refractivity contribution in [2.45, 2.75) is 64.2 Å². The molecule has 0 aromatic heterocycles. The van der Waals surface area contributed by atoms with Crippen molar-refractivity contribution in [3.63, 3.8) is 0 Å². The van der Waals surface area contributed by atoms with Crippen LogP contribution in [0.1, 0.15) is 61.9 Å². The van der Waals surface area contributed by atoms with Gasteiger partial charge in [-0.15, -0.1) is 0 Å². The molecule has 2 unspecified atom stereocenters. The maximum atomic E-state index is 13.0. The van der Waals surface area contributed by atoms with E-state index in [4.69, 9.17) is 0 Å². The van der Waals surface area contributed by atoms with Crippen LogP contribution in [0.3, 0.4) is 0 Å². The van der Waals surface area contributed by atoms with Gasteiger partial charge in [-0.1, -0.05) is 19.8 Å². The highest BCUT2D eigenvalue weighted by molar-refractivity contribution is 5.94. The van der Waals surface area contributed by atoms with Gasteiger partial charge in [-0.25, -0.2) is 0 Å². The van der Waals surface area contributed by atoms with Crippen molar-refractivity contribution in [3.05, 3.63) is 35.4 Å². The number of nitrogens with zero attached hydrogens (tertiary/aromatic N) is 2. The summed E-state index contributed by atoms with van der Waals surface area (Å²) in [6, 6.07) is 4.30. The number of piperazine rings is 1. The van der Waals surface area contributed by atoms with Crippen LogP contribution in [-0.4, -0.2) is 59.9 Å². The SMILES string of the molecule is CCC(C)NC(=O)C(C1CCCC1)N1CCN(C(=O)c2ccc(C(F)(F)F)cc2)CC1. The normalized spacial score (nSPS) is 20.5. The van der Waals surface area contributed by atoms with Crippen LogP contribution in [0.2, 0.25) is 0 Å². The Morgan fingerprint density at radius 3 is 2.16 bits per heavy atom. The van der Waals surface area contributed by atoms with E-state index in [0.29, 0.717) is 32.1 Å². The summed E-state index contributed by atoms with van der Waals surface area (Å²) in [7, 11) is 0. The van der Waals surface area contributed by atoms with E-state index in [0.717, 1.165) is 44.2 Å². The predicted octanol–water partition coefficient (Wildman–Crippen LogP) is 3.94. The van der Waals surface area contributed by atoms with Gasteiger partial charge in [-0.05, 0) is 56.4 Å². The quantitative estimate of drug-likeness (QED) is 0.731. The largest absolute Gasteiger partial charge is 0.416 e. The first-order valence-electron chi connectivity index (χ1n) is 11.2. The summed E-state index contributed by atoms with van der Waals surface area (Å²) in [6.45, 7) is 6.13. The van der Waals surface area contributed by atoms with Gasteiger partial charge in [0.05, 0.1) is 11.6 Å². The van der Waals surface area contributed by atoms with Crippen LogP contribution in [-0.2, 0) is 11.0 Å². The van der Waals surface area contributed by atoms with E-state index in [2.05, 4.69) is 10.2 Å². The highest BCUT2D eigenvalue weighted by Gasteiger charge is 2.38. The molecule has 2 aliphatic rings. The Bertz CT molecular complexity index is 752. The molecule has 0 bridgehead atoms. The summed E-state index contributed by atoms with van der Waals surface area (Å²) in [5, 5.41) is 3.13. The molecule has 31 heavy (non-hydrogen) atoms. The molecule has 0 spiro atoms. The molecule has 0 radical (unpaired) electrons. The Morgan fingerprint density at radius 2 is 1.65 bits per heavy atom. The van der Waals surface area contributed by atoms with Crippen molar-refractivity contribution in [2.24, 2.45) is 5.92 Å². The van der Waals surface area contributed by atoms with E-state index in [1.807, 2.05) is 13.8 Å². The highest BCUT2D eigenvalue weighted by atomic mass is 19.4. The maximum absolute atomic E-state index is 13.0. The van der Waals surface area contributed by atoms with Gasteiger partial charge in [-0.3, -0.25) is 14.5 Å². The average molecular weight is 440 g/mol. The third-order valence-corrected chi connectivity index (χ3v) is 6.57. The van der Waals surface area contributed by atoms with Crippen molar-refractivity contribution in [2.75, 3.05) is 26.2 Å². The zero-order valence-electron chi connectivity index (χ0n) is 18.3. The number of carbonyl (C=O) groups is 2. The molecule has 8 heteroatoms. The molecule has 2 amide bonds. The number of hydrogen-bond donors (Lipinski definition) is 1. The Morgan fingerprint density at radius 1 is 1.06 bits per heavy atom. The summed E-state index contributed by atoms with van der Waals surface area (Å²) in [5.74, 6) is 0.139. The minimum Gasteiger partial charge on any atom is -0.352 e. The van der Waals surface area contributed by atoms with E-state index in [-0.39, 0.29) is 29.5 Å². The fraction of sp³-hybridized carbons (Fsp3) is 0.652. The minimum absolute atomic E-state index is 0.0729.